The van der Waals surface area contributed by atoms with E-state index in [4.69, 9.17) is 15.2 Å². The number of aromatic nitrogens is 2. The van der Waals surface area contributed by atoms with Crippen molar-refractivity contribution in [1.29, 1.82) is 0 Å². The van der Waals surface area contributed by atoms with Gasteiger partial charge in [-0.05, 0) is 44.2 Å². The molecule has 5 atom stereocenters. The standard InChI is InChI=1S/C38H52N6O7/c1-38(2,3)51-37(49)43-30(20-26-15-9-5-10-16-26)34(46)42-31(21-28-22-40-24-41-28)35(47)44-36(48)33(50-23-27-17-11-6-12-18-27)32(45)29(39)19-25-13-7-4-8-14-25/h5-6,9-12,15-18,22,24-25,29-33,45H,4,7-8,13-14,19-21,23,39H2,1-3H3,(H,40,41)(H,42,46)(H,43,49)(H,44,47,48)/t29?,30-,31-,32?,33?/m0/s1. The summed E-state index contributed by atoms with van der Waals surface area (Å²) in [5, 5.41) is 19.1. The fourth-order valence-electron chi connectivity index (χ4n) is 6.15. The van der Waals surface area contributed by atoms with E-state index in [1.807, 2.05) is 60.7 Å². The predicted molar refractivity (Wildman–Crippen MR) is 191 cm³/mol. The number of aliphatic hydroxyl groups excluding tert-OH is 1. The van der Waals surface area contributed by atoms with Gasteiger partial charge in [0.25, 0.3) is 5.91 Å². The Balaban J connectivity index is 1.52. The number of nitrogens with two attached hydrogens (primary N) is 1. The second-order valence-corrected chi connectivity index (χ2v) is 14.2. The van der Waals surface area contributed by atoms with Gasteiger partial charge in [-0.15, -0.1) is 0 Å². The molecular weight excluding hydrogens is 652 g/mol. The molecule has 3 unspecified atom stereocenters. The lowest BCUT2D eigenvalue weighted by Gasteiger charge is -2.31. The molecule has 3 aromatic rings. The average Bonchev–Trinajstić information content (AvgIpc) is 3.61. The molecule has 1 aliphatic carbocycles. The maximum absolute atomic E-state index is 13.8. The fraction of sp³-hybridized carbons (Fsp3) is 0.500. The van der Waals surface area contributed by atoms with Crippen molar-refractivity contribution in [3.05, 3.63) is 90.0 Å². The van der Waals surface area contributed by atoms with Gasteiger partial charge in [0.2, 0.25) is 11.8 Å². The van der Waals surface area contributed by atoms with E-state index in [1.54, 1.807) is 20.8 Å². The first kappa shape index (κ1) is 39.2. The molecule has 0 aliphatic heterocycles. The van der Waals surface area contributed by atoms with Gasteiger partial charge in [0, 0.05) is 30.8 Å². The number of carbonyl (C=O) groups excluding carboxylic acids is 4. The van der Waals surface area contributed by atoms with Gasteiger partial charge in [0.15, 0.2) is 6.10 Å². The maximum atomic E-state index is 13.8. The van der Waals surface area contributed by atoms with Crippen LogP contribution in [0.1, 0.15) is 76.1 Å². The molecule has 0 spiro atoms. The number of ether oxygens (including phenoxy) is 2. The number of benzene rings is 2. The summed E-state index contributed by atoms with van der Waals surface area (Å²) >= 11 is 0. The number of aromatic amines is 1. The van der Waals surface area contributed by atoms with Gasteiger partial charge >= 0.3 is 6.09 Å². The number of H-pyrrole nitrogens is 1. The van der Waals surface area contributed by atoms with E-state index >= 15 is 0 Å². The van der Waals surface area contributed by atoms with Crippen molar-refractivity contribution in [3.63, 3.8) is 0 Å². The Morgan fingerprint density at radius 1 is 0.882 bits per heavy atom. The highest BCUT2D eigenvalue weighted by molar-refractivity contribution is 6.01. The summed E-state index contributed by atoms with van der Waals surface area (Å²) < 4.78 is 11.4. The van der Waals surface area contributed by atoms with Crippen LogP contribution >= 0.6 is 0 Å². The third-order valence-electron chi connectivity index (χ3n) is 8.76. The van der Waals surface area contributed by atoms with Crippen LogP contribution in [0.2, 0.25) is 0 Å². The first-order valence-corrected chi connectivity index (χ1v) is 17.6. The summed E-state index contributed by atoms with van der Waals surface area (Å²) in [6.07, 6.45) is 5.16. The number of imide groups is 1. The number of nitrogens with zero attached hydrogens (tertiary/aromatic N) is 1. The van der Waals surface area contributed by atoms with E-state index in [9.17, 15) is 24.3 Å². The number of nitrogens with one attached hydrogen (secondary N) is 4. The minimum atomic E-state index is -1.48. The lowest BCUT2D eigenvalue weighted by atomic mass is 9.83. The number of rotatable bonds is 16. The number of hydrogen-bond acceptors (Lipinski definition) is 9. The molecule has 1 fully saturated rings. The Bertz CT molecular complexity index is 1530. The van der Waals surface area contributed by atoms with E-state index in [0.29, 0.717) is 18.0 Å². The number of hydrogen-bond donors (Lipinski definition) is 6. The Kier molecular flexibility index (Phi) is 14.7. The Labute approximate surface area is 299 Å². The van der Waals surface area contributed by atoms with Crippen LogP contribution in [0.4, 0.5) is 4.79 Å². The summed E-state index contributed by atoms with van der Waals surface area (Å²) in [7, 11) is 0. The molecular formula is C38H52N6O7. The van der Waals surface area contributed by atoms with Crippen molar-refractivity contribution in [2.24, 2.45) is 11.7 Å². The molecule has 1 aromatic heterocycles. The number of alkyl carbamates (subject to hydrolysis) is 1. The highest BCUT2D eigenvalue weighted by Gasteiger charge is 2.36. The zero-order valence-electron chi connectivity index (χ0n) is 29.7. The number of carbonyl (C=O) groups is 4. The smallest absolute Gasteiger partial charge is 0.408 e. The predicted octanol–water partition coefficient (Wildman–Crippen LogP) is 3.46. The Hall–Kier alpha value is -4.59. The van der Waals surface area contributed by atoms with Crippen LogP contribution in [0, 0.1) is 5.92 Å². The molecule has 4 amide bonds. The normalized spacial score (nSPS) is 16.6. The van der Waals surface area contributed by atoms with E-state index in [0.717, 1.165) is 36.8 Å². The highest BCUT2D eigenvalue weighted by Crippen LogP contribution is 2.28. The maximum Gasteiger partial charge on any atom is 0.408 e. The minimum absolute atomic E-state index is 0.00780. The topological polar surface area (TPSA) is 198 Å². The van der Waals surface area contributed by atoms with Gasteiger partial charge in [0.1, 0.15) is 23.8 Å². The number of imidazole rings is 1. The average molecular weight is 705 g/mol. The molecule has 13 heteroatoms. The van der Waals surface area contributed by atoms with Crippen molar-refractivity contribution in [2.45, 2.75) is 115 Å². The lowest BCUT2D eigenvalue weighted by Crippen LogP contribution is -2.58. The SMILES string of the molecule is CC(C)(C)OC(=O)N[C@@H](Cc1ccccc1)C(=O)N[C@@H](Cc1cnc[nH]1)C(=O)NC(=O)C(OCc1ccccc1)C(O)C(N)CC1CCCCC1. The van der Waals surface area contributed by atoms with Crippen molar-refractivity contribution in [2.75, 3.05) is 0 Å². The summed E-state index contributed by atoms with van der Waals surface area (Å²) in [6.45, 7) is 5.11. The van der Waals surface area contributed by atoms with Gasteiger partial charge < -0.3 is 35.9 Å². The minimum Gasteiger partial charge on any atom is -0.444 e. The third-order valence-corrected chi connectivity index (χ3v) is 8.76. The lowest BCUT2D eigenvalue weighted by molar-refractivity contribution is -0.148. The molecule has 276 valence electrons. The van der Waals surface area contributed by atoms with E-state index < -0.39 is 59.7 Å². The molecule has 2 aromatic carbocycles. The van der Waals surface area contributed by atoms with Crippen molar-refractivity contribution >= 4 is 23.8 Å². The van der Waals surface area contributed by atoms with Gasteiger partial charge in [-0.2, -0.15) is 0 Å². The number of amides is 4. The van der Waals surface area contributed by atoms with Crippen molar-refractivity contribution < 1.29 is 33.8 Å². The van der Waals surface area contributed by atoms with Crippen LogP contribution in [0.25, 0.3) is 0 Å². The molecule has 0 bridgehead atoms. The molecule has 7 N–H and O–H groups in total. The van der Waals surface area contributed by atoms with Crippen LogP contribution in [0.3, 0.4) is 0 Å². The van der Waals surface area contributed by atoms with E-state index in [1.165, 1.54) is 18.9 Å². The zero-order valence-corrected chi connectivity index (χ0v) is 29.7. The summed E-state index contributed by atoms with van der Waals surface area (Å²) in [6, 6.07) is 15.0. The van der Waals surface area contributed by atoms with Crippen LogP contribution in [-0.2, 0) is 43.3 Å². The molecule has 0 saturated heterocycles. The highest BCUT2D eigenvalue weighted by atomic mass is 16.6. The second kappa shape index (κ2) is 19.1. The molecule has 1 aliphatic rings. The van der Waals surface area contributed by atoms with E-state index in [-0.39, 0.29) is 19.4 Å². The fourth-order valence-corrected chi connectivity index (χ4v) is 6.15. The Morgan fingerprint density at radius 2 is 1.51 bits per heavy atom. The second-order valence-electron chi connectivity index (χ2n) is 14.2. The molecule has 13 nitrogen and oxygen atoms in total. The van der Waals surface area contributed by atoms with Gasteiger partial charge in [0.05, 0.1) is 12.9 Å². The quantitative estimate of drug-likeness (QED) is 0.129. The third kappa shape index (κ3) is 13.2. The van der Waals surface area contributed by atoms with Crippen molar-refractivity contribution in [3.8, 4) is 0 Å². The van der Waals surface area contributed by atoms with Crippen LogP contribution in [0.15, 0.2) is 73.2 Å². The van der Waals surface area contributed by atoms with Gasteiger partial charge in [-0.25, -0.2) is 9.78 Å². The van der Waals surface area contributed by atoms with E-state index in [2.05, 4.69) is 25.9 Å². The van der Waals surface area contributed by atoms with Crippen LogP contribution < -0.4 is 21.7 Å². The van der Waals surface area contributed by atoms with Crippen molar-refractivity contribution in [1.82, 2.24) is 25.9 Å². The van der Waals surface area contributed by atoms with Gasteiger partial charge in [-0.3, -0.25) is 19.7 Å². The molecule has 0 radical (unpaired) electrons. The zero-order chi connectivity index (χ0) is 36.8. The van der Waals surface area contributed by atoms with Crippen LogP contribution in [-0.4, -0.2) is 74.8 Å². The van der Waals surface area contributed by atoms with Crippen LogP contribution in [0.5, 0.6) is 0 Å². The summed E-state index contributed by atoms with van der Waals surface area (Å²) in [5.74, 6) is -2.09. The largest absolute Gasteiger partial charge is 0.444 e. The molecule has 51 heavy (non-hydrogen) atoms. The summed E-state index contributed by atoms with van der Waals surface area (Å²) in [4.78, 5) is 61.1. The Morgan fingerprint density at radius 3 is 2.12 bits per heavy atom. The summed E-state index contributed by atoms with van der Waals surface area (Å²) in [5.41, 5.74) is 7.69. The molecule has 1 heterocycles. The first-order chi connectivity index (χ1) is 24.4. The molecule has 1 saturated carbocycles. The monoisotopic (exact) mass is 704 g/mol. The number of aliphatic hydroxyl groups is 1. The first-order valence-electron chi connectivity index (χ1n) is 17.6. The molecule has 4 rings (SSSR count). The van der Waals surface area contributed by atoms with Gasteiger partial charge in [-0.1, -0.05) is 92.8 Å².